The van der Waals surface area contributed by atoms with Crippen LogP contribution in [0.4, 0.5) is 0 Å². The minimum atomic E-state index is 0.172. The molecule has 2 aliphatic rings. The second-order valence-electron chi connectivity index (χ2n) is 6.16. The van der Waals surface area contributed by atoms with Crippen molar-refractivity contribution in [3.63, 3.8) is 0 Å². The lowest BCUT2D eigenvalue weighted by Gasteiger charge is -2.37. The molecule has 3 N–H and O–H groups in total. The second kappa shape index (κ2) is 6.77. The standard InChI is InChI=1S/C17H26N2O2/c1-2-20-14-9-12(10-14)11-16(19-18)15-7-3-5-13-6-4-8-21-17(13)15/h3,5,7,12,14,16,19H,2,4,6,8-11,18H2,1H3. The highest BCUT2D eigenvalue weighted by molar-refractivity contribution is 5.44. The van der Waals surface area contributed by atoms with Crippen molar-refractivity contribution in [1.29, 1.82) is 0 Å². The normalized spacial score (nSPS) is 25.6. The molecule has 0 bridgehead atoms. The number of hydrazine groups is 1. The van der Waals surface area contributed by atoms with Crippen LogP contribution in [-0.2, 0) is 11.2 Å². The van der Waals surface area contributed by atoms with Crippen LogP contribution in [0.3, 0.4) is 0 Å². The molecule has 1 atom stereocenters. The predicted molar refractivity (Wildman–Crippen MR) is 83.1 cm³/mol. The van der Waals surface area contributed by atoms with Crippen molar-refractivity contribution < 1.29 is 9.47 Å². The van der Waals surface area contributed by atoms with Gasteiger partial charge in [0.2, 0.25) is 0 Å². The summed E-state index contributed by atoms with van der Waals surface area (Å²) in [6.07, 6.45) is 6.04. The summed E-state index contributed by atoms with van der Waals surface area (Å²) in [6, 6.07) is 6.61. The highest BCUT2D eigenvalue weighted by atomic mass is 16.5. The number of nitrogens with one attached hydrogen (secondary N) is 1. The fourth-order valence-electron chi connectivity index (χ4n) is 3.55. The van der Waals surface area contributed by atoms with E-state index < -0.39 is 0 Å². The molecule has 1 aliphatic carbocycles. The van der Waals surface area contributed by atoms with E-state index in [1.807, 2.05) is 0 Å². The highest BCUT2D eigenvalue weighted by Gasteiger charge is 2.32. The van der Waals surface area contributed by atoms with Crippen LogP contribution < -0.4 is 16.0 Å². The molecule has 1 aliphatic heterocycles. The summed E-state index contributed by atoms with van der Waals surface area (Å²) in [4.78, 5) is 0. The molecule has 21 heavy (non-hydrogen) atoms. The van der Waals surface area contributed by atoms with Gasteiger partial charge >= 0.3 is 0 Å². The van der Waals surface area contributed by atoms with Crippen LogP contribution in [0.5, 0.6) is 5.75 Å². The van der Waals surface area contributed by atoms with Gasteiger partial charge in [-0.2, -0.15) is 0 Å². The van der Waals surface area contributed by atoms with Gasteiger partial charge in [0, 0.05) is 18.2 Å². The van der Waals surface area contributed by atoms with Gasteiger partial charge in [0.1, 0.15) is 5.75 Å². The molecule has 0 saturated heterocycles. The smallest absolute Gasteiger partial charge is 0.127 e. The molecular weight excluding hydrogens is 264 g/mol. The summed E-state index contributed by atoms with van der Waals surface area (Å²) in [7, 11) is 0. The summed E-state index contributed by atoms with van der Waals surface area (Å²) in [6.45, 7) is 3.69. The molecule has 1 unspecified atom stereocenters. The van der Waals surface area contributed by atoms with Gasteiger partial charge in [0.05, 0.1) is 12.7 Å². The average molecular weight is 290 g/mol. The van der Waals surface area contributed by atoms with Crippen LogP contribution in [-0.4, -0.2) is 19.3 Å². The van der Waals surface area contributed by atoms with Crippen molar-refractivity contribution >= 4 is 0 Å². The lowest BCUT2D eigenvalue weighted by molar-refractivity contribution is -0.0292. The maximum Gasteiger partial charge on any atom is 0.127 e. The molecular formula is C17H26N2O2. The third kappa shape index (κ3) is 3.23. The van der Waals surface area contributed by atoms with Gasteiger partial charge < -0.3 is 9.47 Å². The van der Waals surface area contributed by atoms with E-state index in [4.69, 9.17) is 15.3 Å². The van der Waals surface area contributed by atoms with E-state index in [9.17, 15) is 0 Å². The third-order valence-corrected chi connectivity index (χ3v) is 4.70. The molecule has 4 heteroatoms. The molecule has 1 aromatic carbocycles. The first-order valence-electron chi connectivity index (χ1n) is 8.14. The second-order valence-corrected chi connectivity index (χ2v) is 6.16. The first-order valence-corrected chi connectivity index (χ1v) is 8.14. The molecule has 116 valence electrons. The number of benzene rings is 1. The molecule has 4 nitrogen and oxygen atoms in total. The maximum atomic E-state index is 5.91. The Balaban J connectivity index is 1.67. The number of ether oxygens (including phenoxy) is 2. The number of para-hydroxylation sites is 1. The zero-order valence-electron chi connectivity index (χ0n) is 12.8. The van der Waals surface area contributed by atoms with E-state index in [1.54, 1.807) is 0 Å². The quantitative estimate of drug-likeness (QED) is 0.625. The Labute approximate surface area is 127 Å². The number of hydrogen-bond acceptors (Lipinski definition) is 4. The average Bonchev–Trinajstić information content (AvgIpc) is 2.49. The van der Waals surface area contributed by atoms with E-state index in [2.05, 4.69) is 30.5 Å². The largest absolute Gasteiger partial charge is 0.493 e. The number of hydrogen-bond donors (Lipinski definition) is 2. The Morgan fingerprint density at radius 2 is 2.29 bits per heavy atom. The van der Waals surface area contributed by atoms with Gasteiger partial charge in [-0.25, -0.2) is 0 Å². The Morgan fingerprint density at radius 3 is 3.05 bits per heavy atom. The molecule has 1 fully saturated rings. The topological polar surface area (TPSA) is 56.5 Å². The molecule has 0 aromatic heterocycles. The van der Waals surface area contributed by atoms with E-state index in [1.165, 1.54) is 11.1 Å². The van der Waals surface area contributed by atoms with Gasteiger partial charge in [-0.3, -0.25) is 11.3 Å². The van der Waals surface area contributed by atoms with Gasteiger partial charge in [-0.1, -0.05) is 18.2 Å². The van der Waals surface area contributed by atoms with Crippen molar-refractivity contribution in [3.05, 3.63) is 29.3 Å². The first-order chi connectivity index (χ1) is 10.3. The lowest BCUT2D eigenvalue weighted by atomic mass is 9.77. The van der Waals surface area contributed by atoms with Crippen LogP contribution in [0, 0.1) is 5.92 Å². The molecule has 1 aromatic rings. The molecule has 1 saturated carbocycles. The van der Waals surface area contributed by atoms with E-state index in [0.717, 1.165) is 51.1 Å². The van der Waals surface area contributed by atoms with Crippen LogP contribution in [0.15, 0.2) is 18.2 Å². The zero-order chi connectivity index (χ0) is 14.7. The van der Waals surface area contributed by atoms with E-state index >= 15 is 0 Å². The summed E-state index contributed by atoms with van der Waals surface area (Å²) >= 11 is 0. The molecule has 0 amide bonds. The number of fused-ring (bicyclic) bond motifs is 1. The first kappa shape index (κ1) is 14.8. The van der Waals surface area contributed by atoms with Crippen LogP contribution in [0.25, 0.3) is 0 Å². The Hall–Kier alpha value is -1.10. The summed E-state index contributed by atoms with van der Waals surface area (Å²) < 4.78 is 11.6. The SMILES string of the molecule is CCOC1CC(CC(NN)c2cccc3c2OCCC3)C1. The Bertz CT molecular complexity index is 472. The summed E-state index contributed by atoms with van der Waals surface area (Å²) in [5, 5.41) is 0. The third-order valence-electron chi connectivity index (χ3n) is 4.70. The molecule has 1 heterocycles. The number of rotatable bonds is 6. The van der Waals surface area contributed by atoms with Crippen molar-refractivity contribution in [3.8, 4) is 5.75 Å². The fraction of sp³-hybridized carbons (Fsp3) is 0.647. The number of nitrogens with two attached hydrogens (primary N) is 1. The van der Waals surface area contributed by atoms with Gasteiger partial charge in [0.25, 0.3) is 0 Å². The van der Waals surface area contributed by atoms with Gasteiger partial charge in [-0.15, -0.1) is 0 Å². The lowest BCUT2D eigenvalue weighted by Crippen LogP contribution is -2.37. The zero-order valence-corrected chi connectivity index (χ0v) is 12.8. The monoisotopic (exact) mass is 290 g/mol. The molecule has 0 radical (unpaired) electrons. The predicted octanol–water partition coefficient (Wildman–Crippen LogP) is 2.72. The summed E-state index contributed by atoms with van der Waals surface area (Å²) in [5.74, 6) is 7.58. The Morgan fingerprint density at radius 1 is 1.43 bits per heavy atom. The van der Waals surface area contributed by atoms with E-state index in [-0.39, 0.29) is 6.04 Å². The highest BCUT2D eigenvalue weighted by Crippen LogP contribution is 2.40. The van der Waals surface area contributed by atoms with Crippen molar-refractivity contribution in [2.24, 2.45) is 11.8 Å². The van der Waals surface area contributed by atoms with Gasteiger partial charge in [-0.05, 0) is 50.5 Å². The Kier molecular flexibility index (Phi) is 4.78. The molecule has 3 rings (SSSR count). The minimum absolute atomic E-state index is 0.172. The van der Waals surface area contributed by atoms with Crippen LogP contribution >= 0.6 is 0 Å². The van der Waals surface area contributed by atoms with Gasteiger partial charge in [0.15, 0.2) is 0 Å². The van der Waals surface area contributed by atoms with Crippen LogP contribution in [0.1, 0.15) is 49.8 Å². The maximum absolute atomic E-state index is 5.91. The van der Waals surface area contributed by atoms with Crippen LogP contribution in [0.2, 0.25) is 0 Å². The minimum Gasteiger partial charge on any atom is -0.493 e. The number of aryl methyl sites for hydroxylation is 1. The molecule has 0 spiro atoms. The summed E-state index contributed by atoms with van der Waals surface area (Å²) in [5.41, 5.74) is 5.53. The van der Waals surface area contributed by atoms with Crippen molar-refractivity contribution in [1.82, 2.24) is 5.43 Å². The van der Waals surface area contributed by atoms with Crippen molar-refractivity contribution in [2.45, 2.75) is 51.2 Å². The van der Waals surface area contributed by atoms with E-state index in [0.29, 0.717) is 12.0 Å². The fourth-order valence-corrected chi connectivity index (χ4v) is 3.55. The van der Waals surface area contributed by atoms with Crippen molar-refractivity contribution in [2.75, 3.05) is 13.2 Å².